The number of phenols is 1. The summed E-state index contributed by atoms with van der Waals surface area (Å²) in [4.78, 5) is 4.58. The normalized spacial score (nSPS) is 11.1. The fourth-order valence-corrected chi connectivity index (χ4v) is 3.10. The molecule has 0 spiro atoms. The summed E-state index contributed by atoms with van der Waals surface area (Å²) in [6, 6.07) is 14.0. The molecule has 1 heterocycles. The van der Waals surface area contributed by atoms with Gasteiger partial charge >= 0.3 is 0 Å². The highest BCUT2D eigenvalue weighted by Crippen LogP contribution is 2.23. The topological polar surface area (TPSA) is 45.2 Å². The zero-order valence-corrected chi connectivity index (χ0v) is 12.1. The number of aryl methyl sites for hydroxylation is 1. The van der Waals surface area contributed by atoms with Crippen LogP contribution in [0.1, 0.15) is 16.1 Å². The van der Waals surface area contributed by atoms with Crippen molar-refractivity contribution < 1.29 is 5.11 Å². The Hall–Kier alpha value is -1.91. The minimum absolute atomic E-state index is 0.379. The number of nitrogens with zero attached hydrogens (tertiary/aromatic N) is 1. The summed E-state index contributed by atoms with van der Waals surface area (Å²) in [5.41, 5.74) is 2.88. The van der Waals surface area contributed by atoms with Gasteiger partial charge in [-0.1, -0.05) is 30.3 Å². The van der Waals surface area contributed by atoms with E-state index in [0.29, 0.717) is 18.8 Å². The highest BCUT2D eigenvalue weighted by atomic mass is 32.1. The van der Waals surface area contributed by atoms with Crippen LogP contribution < -0.4 is 5.32 Å². The number of fused-ring (bicyclic) bond motifs is 1. The monoisotopic (exact) mass is 284 g/mol. The van der Waals surface area contributed by atoms with E-state index >= 15 is 0 Å². The maximum absolute atomic E-state index is 9.96. The summed E-state index contributed by atoms with van der Waals surface area (Å²) in [7, 11) is 0. The maximum Gasteiger partial charge on any atom is 0.122 e. The molecule has 0 atom stereocenters. The van der Waals surface area contributed by atoms with E-state index in [1.165, 1.54) is 4.70 Å². The van der Waals surface area contributed by atoms with Gasteiger partial charge in [-0.2, -0.15) is 0 Å². The second-order valence-corrected chi connectivity index (χ2v) is 5.88. The molecule has 0 radical (unpaired) electrons. The Morgan fingerprint density at radius 1 is 1.10 bits per heavy atom. The second-order valence-electron chi connectivity index (χ2n) is 4.76. The van der Waals surface area contributed by atoms with Gasteiger partial charge in [0.15, 0.2) is 0 Å². The molecule has 0 aliphatic carbocycles. The number of thiazole rings is 1. The van der Waals surface area contributed by atoms with Crippen molar-refractivity contribution in [1.82, 2.24) is 10.3 Å². The first-order valence-corrected chi connectivity index (χ1v) is 7.38. The largest absolute Gasteiger partial charge is 0.507 e. The summed E-state index contributed by atoms with van der Waals surface area (Å²) >= 11 is 1.70. The molecule has 0 bridgehead atoms. The Morgan fingerprint density at radius 3 is 2.80 bits per heavy atom. The molecule has 3 rings (SSSR count). The van der Waals surface area contributed by atoms with Gasteiger partial charge in [0.25, 0.3) is 0 Å². The fourth-order valence-electron chi connectivity index (χ4n) is 2.16. The third-order valence-corrected chi connectivity index (χ3v) is 4.29. The molecular weight excluding hydrogens is 268 g/mol. The van der Waals surface area contributed by atoms with Crippen LogP contribution in [0.2, 0.25) is 0 Å². The van der Waals surface area contributed by atoms with Crippen LogP contribution in [-0.2, 0) is 13.1 Å². The molecule has 0 saturated heterocycles. The second kappa shape index (κ2) is 5.61. The summed E-state index contributed by atoms with van der Waals surface area (Å²) in [6.07, 6.45) is 0. The standard InChI is InChI=1S/C16H16N2OS/c1-11-5-4-6-12(16(11)19)9-17-10-15-18-13-7-2-3-8-14(13)20-15/h2-8,17,19H,9-10H2,1H3. The third-order valence-electron chi connectivity index (χ3n) is 3.25. The van der Waals surface area contributed by atoms with Gasteiger partial charge in [-0.15, -0.1) is 11.3 Å². The molecule has 2 aromatic carbocycles. The lowest BCUT2D eigenvalue weighted by Gasteiger charge is -2.07. The van der Waals surface area contributed by atoms with Gasteiger partial charge in [0.2, 0.25) is 0 Å². The van der Waals surface area contributed by atoms with Gasteiger partial charge in [0.05, 0.1) is 10.2 Å². The molecule has 0 aliphatic rings. The first-order chi connectivity index (χ1) is 9.74. The van der Waals surface area contributed by atoms with Crippen molar-refractivity contribution in [2.45, 2.75) is 20.0 Å². The quantitative estimate of drug-likeness (QED) is 0.769. The molecule has 1 aromatic heterocycles. The number of hydrogen-bond donors (Lipinski definition) is 2. The lowest BCUT2D eigenvalue weighted by atomic mass is 10.1. The predicted molar refractivity (Wildman–Crippen MR) is 83.0 cm³/mol. The highest BCUT2D eigenvalue weighted by molar-refractivity contribution is 7.18. The van der Waals surface area contributed by atoms with Crippen molar-refractivity contribution >= 4 is 21.6 Å². The first-order valence-electron chi connectivity index (χ1n) is 6.56. The van der Waals surface area contributed by atoms with Gasteiger partial charge in [-0.05, 0) is 24.6 Å². The first kappa shape index (κ1) is 13.1. The van der Waals surface area contributed by atoms with Crippen LogP contribution in [0.3, 0.4) is 0 Å². The van der Waals surface area contributed by atoms with E-state index < -0.39 is 0 Å². The summed E-state index contributed by atoms with van der Waals surface area (Å²) < 4.78 is 1.21. The van der Waals surface area contributed by atoms with Crippen molar-refractivity contribution in [3.63, 3.8) is 0 Å². The molecular formula is C16H16N2OS. The van der Waals surface area contributed by atoms with E-state index in [4.69, 9.17) is 0 Å². The minimum atomic E-state index is 0.379. The summed E-state index contributed by atoms with van der Waals surface area (Å²) in [5, 5.41) is 14.4. The molecule has 3 aromatic rings. The van der Waals surface area contributed by atoms with Crippen LogP contribution in [-0.4, -0.2) is 10.1 Å². The van der Waals surface area contributed by atoms with E-state index in [1.807, 2.05) is 43.3 Å². The number of aromatic nitrogens is 1. The average Bonchev–Trinajstić information content (AvgIpc) is 2.86. The van der Waals surface area contributed by atoms with Crippen molar-refractivity contribution in [1.29, 1.82) is 0 Å². The van der Waals surface area contributed by atoms with Crippen LogP contribution in [0.4, 0.5) is 0 Å². The molecule has 0 saturated carbocycles. The van der Waals surface area contributed by atoms with Crippen molar-refractivity contribution in [3.05, 3.63) is 58.6 Å². The molecule has 102 valence electrons. The number of para-hydroxylation sites is 2. The average molecular weight is 284 g/mol. The minimum Gasteiger partial charge on any atom is -0.507 e. The number of hydrogen-bond acceptors (Lipinski definition) is 4. The van der Waals surface area contributed by atoms with E-state index in [0.717, 1.165) is 21.7 Å². The summed E-state index contributed by atoms with van der Waals surface area (Å²) in [6.45, 7) is 3.27. The number of nitrogens with one attached hydrogen (secondary N) is 1. The van der Waals surface area contributed by atoms with Crippen molar-refractivity contribution in [2.24, 2.45) is 0 Å². The van der Waals surface area contributed by atoms with E-state index in [1.54, 1.807) is 11.3 Å². The number of aromatic hydroxyl groups is 1. The molecule has 0 unspecified atom stereocenters. The van der Waals surface area contributed by atoms with Gasteiger partial charge in [0, 0.05) is 18.7 Å². The van der Waals surface area contributed by atoms with Crippen molar-refractivity contribution in [2.75, 3.05) is 0 Å². The zero-order chi connectivity index (χ0) is 13.9. The molecule has 2 N–H and O–H groups in total. The SMILES string of the molecule is Cc1cccc(CNCc2nc3ccccc3s2)c1O. The maximum atomic E-state index is 9.96. The lowest BCUT2D eigenvalue weighted by Crippen LogP contribution is -2.12. The Labute approximate surface area is 121 Å². The zero-order valence-electron chi connectivity index (χ0n) is 11.3. The van der Waals surface area contributed by atoms with Crippen LogP contribution >= 0.6 is 11.3 Å². The molecule has 0 fully saturated rings. The Bertz CT molecular complexity index is 703. The van der Waals surface area contributed by atoms with Crippen LogP contribution in [0.5, 0.6) is 5.75 Å². The molecule has 0 amide bonds. The van der Waals surface area contributed by atoms with Gasteiger partial charge < -0.3 is 10.4 Å². The van der Waals surface area contributed by atoms with Gasteiger partial charge in [-0.3, -0.25) is 0 Å². The molecule has 20 heavy (non-hydrogen) atoms. The smallest absolute Gasteiger partial charge is 0.122 e. The molecule has 4 heteroatoms. The van der Waals surface area contributed by atoms with E-state index in [-0.39, 0.29) is 0 Å². The lowest BCUT2D eigenvalue weighted by molar-refractivity contribution is 0.460. The van der Waals surface area contributed by atoms with Crippen molar-refractivity contribution in [3.8, 4) is 5.75 Å². The summed E-state index contributed by atoms with van der Waals surface area (Å²) in [5.74, 6) is 0.379. The Morgan fingerprint density at radius 2 is 1.95 bits per heavy atom. The van der Waals surface area contributed by atoms with E-state index in [9.17, 15) is 5.11 Å². The fraction of sp³-hybridized carbons (Fsp3) is 0.188. The van der Waals surface area contributed by atoms with Gasteiger partial charge in [0.1, 0.15) is 10.8 Å². The Balaban J connectivity index is 1.66. The Kier molecular flexibility index (Phi) is 3.67. The molecule has 3 nitrogen and oxygen atoms in total. The molecule has 0 aliphatic heterocycles. The van der Waals surface area contributed by atoms with Crippen LogP contribution in [0, 0.1) is 6.92 Å². The number of rotatable bonds is 4. The van der Waals surface area contributed by atoms with E-state index in [2.05, 4.69) is 16.4 Å². The van der Waals surface area contributed by atoms with Crippen LogP contribution in [0.25, 0.3) is 10.2 Å². The number of phenolic OH excluding ortho intramolecular Hbond substituents is 1. The predicted octanol–water partition coefficient (Wildman–Crippen LogP) is 3.60. The third kappa shape index (κ3) is 2.66. The van der Waals surface area contributed by atoms with Gasteiger partial charge in [-0.25, -0.2) is 4.98 Å². The highest BCUT2D eigenvalue weighted by Gasteiger charge is 2.05. The number of benzene rings is 2. The van der Waals surface area contributed by atoms with Crippen LogP contribution in [0.15, 0.2) is 42.5 Å².